The van der Waals surface area contributed by atoms with Gasteiger partial charge in [-0.15, -0.1) is 0 Å². The summed E-state index contributed by atoms with van der Waals surface area (Å²) in [6.07, 6.45) is 3.03. The highest BCUT2D eigenvalue weighted by Crippen LogP contribution is 2.68. The molecule has 5 fully saturated rings. The minimum absolute atomic E-state index is 0.00130. The number of esters is 1. The maximum atomic E-state index is 14.7. The van der Waals surface area contributed by atoms with Gasteiger partial charge in [0.2, 0.25) is 0 Å². The van der Waals surface area contributed by atoms with E-state index in [1.165, 1.54) is 12.5 Å². The molecule has 4 nitrogen and oxygen atoms in total. The van der Waals surface area contributed by atoms with E-state index in [1.54, 1.807) is 6.92 Å². The number of rotatable bonds is 5. The third-order valence-corrected chi connectivity index (χ3v) is 9.49. The maximum absolute atomic E-state index is 14.7. The van der Waals surface area contributed by atoms with E-state index in [4.69, 9.17) is 14.0 Å². The normalized spacial score (nSPS) is 34.2. The molecule has 1 heterocycles. The predicted molar refractivity (Wildman–Crippen MR) is 128 cm³/mol. The van der Waals surface area contributed by atoms with Crippen molar-refractivity contribution in [1.82, 2.24) is 0 Å². The Hall–Kier alpha value is -2.25. The number of halogens is 2. The molecule has 0 radical (unpaired) electrons. The fourth-order valence-corrected chi connectivity index (χ4v) is 7.12. The Morgan fingerprint density at radius 3 is 2.60 bits per heavy atom. The highest BCUT2D eigenvalue weighted by molar-refractivity contribution is 6.49. The molecule has 0 N–H and O–H groups in total. The van der Waals surface area contributed by atoms with Crippen LogP contribution in [0.1, 0.15) is 73.0 Å². The van der Waals surface area contributed by atoms with Crippen LogP contribution in [0.3, 0.4) is 0 Å². The summed E-state index contributed by atoms with van der Waals surface area (Å²) in [5, 5.41) is 0. The van der Waals surface area contributed by atoms with Crippen LogP contribution in [0.15, 0.2) is 36.4 Å². The second-order valence-electron chi connectivity index (χ2n) is 11.7. The minimum atomic E-state index is -1.16. The molecule has 2 bridgehead atoms. The van der Waals surface area contributed by atoms with Crippen molar-refractivity contribution in [2.45, 2.75) is 77.0 Å². The third-order valence-electron chi connectivity index (χ3n) is 9.49. The summed E-state index contributed by atoms with van der Waals surface area (Å²) in [7, 11) is -0.355. The van der Waals surface area contributed by atoms with Gasteiger partial charge in [0, 0.05) is 5.82 Å². The standard InChI is InChI=1S/C28H31BF2O4/c1-15-18(13-21(30)25(31)24(15)26(32)33-14-16-8-6-5-7-9-16)19-12-20(19)29-34-23-11-17-10-22(27(17,2)3)28(23,4)35-29/h5-9,13,17,19-20,22-23H,10-12,14H2,1-4H3/t17?,19?,20?,22?,23?,28-/m0/s1. The van der Waals surface area contributed by atoms with E-state index in [0.717, 1.165) is 18.4 Å². The van der Waals surface area contributed by atoms with Gasteiger partial charge in [-0.05, 0) is 79.0 Å². The molecule has 4 saturated carbocycles. The van der Waals surface area contributed by atoms with Crippen LogP contribution in [-0.4, -0.2) is 24.8 Å². The van der Waals surface area contributed by atoms with Gasteiger partial charge in [0.15, 0.2) is 11.6 Å². The van der Waals surface area contributed by atoms with E-state index in [2.05, 4.69) is 20.8 Å². The molecule has 2 aromatic carbocycles. The van der Waals surface area contributed by atoms with Gasteiger partial charge in [-0.2, -0.15) is 0 Å². The Kier molecular flexibility index (Phi) is 5.21. The Labute approximate surface area is 205 Å². The minimum Gasteiger partial charge on any atom is -0.457 e. The molecule has 35 heavy (non-hydrogen) atoms. The molecule has 4 aliphatic carbocycles. The van der Waals surface area contributed by atoms with Crippen molar-refractivity contribution in [3.05, 3.63) is 70.3 Å². The molecular weight excluding hydrogens is 449 g/mol. The molecule has 7 rings (SSSR count). The Morgan fingerprint density at radius 2 is 1.89 bits per heavy atom. The molecule has 1 aliphatic heterocycles. The van der Waals surface area contributed by atoms with E-state index >= 15 is 0 Å². The van der Waals surface area contributed by atoms with Gasteiger partial charge in [-0.3, -0.25) is 0 Å². The van der Waals surface area contributed by atoms with Crippen molar-refractivity contribution in [3.63, 3.8) is 0 Å². The molecular formula is C28H31BF2O4. The maximum Gasteiger partial charge on any atom is 0.461 e. The van der Waals surface area contributed by atoms with E-state index in [1.807, 2.05) is 30.3 Å². The molecule has 5 unspecified atom stereocenters. The van der Waals surface area contributed by atoms with Crippen molar-refractivity contribution < 1.29 is 27.6 Å². The molecule has 1 saturated heterocycles. The Bertz CT molecular complexity index is 1190. The number of hydrogen-bond donors (Lipinski definition) is 0. The molecule has 0 spiro atoms. The topological polar surface area (TPSA) is 44.8 Å². The average molecular weight is 480 g/mol. The van der Waals surface area contributed by atoms with E-state index < -0.39 is 17.6 Å². The summed E-state index contributed by atoms with van der Waals surface area (Å²) in [6, 6.07) is 10.4. The van der Waals surface area contributed by atoms with Crippen LogP contribution in [0.25, 0.3) is 0 Å². The van der Waals surface area contributed by atoms with Crippen molar-refractivity contribution in [2.24, 2.45) is 17.3 Å². The fraction of sp³-hybridized carbons (Fsp3) is 0.536. The molecule has 0 aromatic heterocycles. The van der Waals surface area contributed by atoms with Gasteiger partial charge in [0.05, 0.1) is 11.7 Å². The van der Waals surface area contributed by atoms with Crippen LogP contribution in [0.4, 0.5) is 8.78 Å². The van der Waals surface area contributed by atoms with Crippen molar-refractivity contribution in [3.8, 4) is 0 Å². The summed E-state index contributed by atoms with van der Waals surface area (Å²) in [5.74, 6) is -1.87. The summed E-state index contributed by atoms with van der Waals surface area (Å²) in [6.45, 7) is 8.50. The lowest BCUT2D eigenvalue weighted by atomic mass is 9.43. The lowest BCUT2D eigenvalue weighted by Crippen LogP contribution is -2.65. The van der Waals surface area contributed by atoms with Gasteiger partial charge < -0.3 is 14.0 Å². The zero-order chi connectivity index (χ0) is 24.7. The highest BCUT2D eigenvalue weighted by atomic mass is 19.2. The quantitative estimate of drug-likeness (QED) is 0.377. The van der Waals surface area contributed by atoms with Crippen LogP contribution in [-0.2, 0) is 20.7 Å². The van der Waals surface area contributed by atoms with E-state index in [9.17, 15) is 13.6 Å². The van der Waals surface area contributed by atoms with Crippen molar-refractivity contribution in [1.29, 1.82) is 0 Å². The predicted octanol–water partition coefficient (Wildman–Crippen LogP) is 6.22. The third kappa shape index (κ3) is 3.49. The van der Waals surface area contributed by atoms with Gasteiger partial charge in [-0.25, -0.2) is 13.6 Å². The van der Waals surface area contributed by atoms with Crippen LogP contribution >= 0.6 is 0 Å². The van der Waals surface area contributed by atoms with Crippen LogP contribution in [0.2, 0.25) is 5.82 Å². The van der Waals surface area contributed by atoms with Gasteiger partial charge in [-0.1, -0.05) is 44.2 Å². The lowest BCUT2D eigenvalue weighted by Gasteiger charge is -2.64. The van der Waals surface area contributed by atoms with Gasteiger partial charge in [0.25, 0.3) is 0 Å². The second-order valence-corrected chi connectivity index (χ2v) is 11.7. The molecule has 7 heteroatoms. The molecule has 6 atom stereocenters. The lowest BCUT2D eigenvalue weighted by molar-refractivity contribution is -0.199. The number of hydrogen-bond acceptors (Lipinski definition) is 4. The van der Waals surface area contributed by atoms with Crippen LogP contribution in [0.5, 0.6) is 0 Å². The number of carbonyl (C=O) groups excluding carboxylic acids is 1. The summed E-state index contributed by atoms with van der Waals surface area (Å²) in [5.41, 5.74) is 1.49. The summed E-state index contributed by atoms with van der Waals surface area (Å²) in [4.78, 5) is 12.8. The van der Waals surface area contributed by atoms with Crippen molar-refractivity contribution in [2.75, 3.05) is 0 Å². The van der Waals surface area contributed by atoms with Crippen molar-refractivity contribution >= 4 is 13.1 Å². The number of ether oxygens (including phenoxy) is 1. The van der Waals surface area contributed by atoms with E-state index in [-0.39, 0.29) is 48.1 Å². The van der Waals surface area contributed by atoms with Gasteiger partial charge in [0.1, 0.15) is 12.2 Å². The fourth-order valence-electron chi connectivity index (χ4n) is 7.12. The number of benzene rings is 2. The Morgan fingerprint density at radius 1 is 1.14 bits per heavy atom. The first-order valence-electron chi connectivity index (χ1n) is 12.6. The second kappa shape index (κ2) is 7.88. The zero-order valence-corrected chi connectivity index (χ0v) is 20.6. The Balaban J connectivity index is 1.20. The molecule has 0 amide bonds. The highest BCUT2D eigenvalue weighted by Gasteiger charge is 2.70. The first-order valence-corrected chi connectivity index (χ1v) is 12.6. The molecule has 184 valence electrons. The zero-order valence-electron chi connectivity index (χ0n) is 20.6. The van der Waals surface area contributed by atoms with E-state index in [0.29, 0.717) is 23.0 Å². The van der Waals surface area contributed by atoms with Crippen LogP contribution < -0.4 is 0 Å². The first-order chi connectivity index (χ1) is 16.6. The molecule has 2 aromatic rings. The molecule has 5 aliphatic rings. The monoisotopic (exact) mass is 480 g/mol. The number of carbonyl (C=O) groups is 1. The van der Waals surface area contributed by atoms with Gasteiger partial charge >= 0.3 is 13.1 Å². The average Bonchev–Trinajstić information content (AvgIpc) is 3.54. The SMILES string of the molecule is Cc1c(C2CC2B2OC3CC4CC(C4(C)C)[C@]3(C)O2)cc(F)c(F)c1C(=O)OCc1ccccc1. The first kappa shape index (κ1) is 23.2. The van der Waals surface area contributed by atoms with Crippen LogP contribution in [0, 0.1) is 35.8 Å². The summed E-state index contributed by atoms with van der Waals surface area (Å²) >= 11 is 0. The largest absolute Gasteiger partial charge is 0.461 e. The smallest absolute Gasteiger partial charge is 0.457 e. The summed E-state index contributed by atoms with van der Waals surface area (Å²) < 4.78 is 47.7.